The highest BCUT2D eigenvalue weighted by atomic mass is 79.9. The molecule has 0 aliphatic heterocycles. The Morgan fingerprint density at radius 2 is 1.80 bits per heavy atom. The second kappa shape index (κ2) is 5.63. The Morgan fingerprint density at radius 3 is 2.40 bits per heavy atom. The van der Waals surface area contributed by atoms with E-state index in [1.807, 2.05) is 0 Å². The number of carbonyl (C=O) groups excluding carboxylic acids is 1. The summed E-state index contributed by atoms with van der Waals surface area (Å²) in [5, 5.41) is 10.0. The molecule has 2 aromatic rings. The minimum Gasteiger partial charge on any atom is -0.506 e. The number of ether oxygens (including phenoxy) is 1. The summed E-state index contributed by atoms with van der Waals surface area (Å²) in [6.07, 6.45) is 0. The zero-order chi connectivity index (χ0) is 14.9. The predicted octanol–water partition coefficient (Wildman–Crippen LogP) is 4.13. The van der Waals surface area contributed by atoms with Crippen molar-refractivity contribution in [2.24, 2.45) is 0 Å². The van der Waals surface area contributed by atoms with Crippen molar-refractivity contribution in [1.29, 1.82) is 0 Å². The molecule has 0 radical (unpaired) electrons. The first-order chi connectivity index (χ1) is 9.43. The van der Waals surface area contributed by atoms with Gasteiger partial charge in [-0.15, -0.1) is 0 Å². The number of phenols is 1. The number of halogens is 2. The van der Waals surface area contributed by atoms with E-state index in [0.717, 1.165) is 0 Å². The van der Waals surface area contributed by atoms with Gasteiger partial charge in [0.1, 0.15) is 22.9 Å². The van der Waals surface area contributed by atoms with Crippen LogP contribution in [0.4, 0.5) is 4.39 Å². The van der Waals surface area contributed by atoms with Gasteiger partial charge >= 0.3 is 5.97 Å². The number of para-hydroxylation sites is 1. The van der Waals surface area contributed by atoms with Crippen LogP contribution in [0.25, 0.3) is 0 Å². The molecule has 104 valence electrons. The van der Waals surface area contributed by atoms with Gasteiger partial charge in [-0.05, 0) is 41.9 Å². The van der Waals surface area contributed by atoms with Crippen LogP contribution in [0.5, 0.6) is 11.5 Å². The molecule has 3 nitrogen and oxygen atoms in total. The van der Waals surface area contributed by atoms with Crippen LogP contribution in [-0.4, -0.2) is 11.1 Å². The third-order valence-electron chi connectivity index (χ3n) is 2.97. The maximum Gasteiger partial charge on any atom is 0.347 e. The van der Waals surface area contributed by atoms with E-state index >= 15 is 0 Å². The fourth-order valence-corrected chi connectivity index (χ4v) is 2.22. The highest BCUT2D eigenvalue weighted by Gasteiger charge is 2.24. The lowest BCUT2D eigenvalue weighted by Gasteiger charge is -2.13. The fraction of sp³-hybridized carbons (Fsp3) is 0.133. The molecule has 0 fully saturated rings. The summed E-state index contributed by atoms with van der Waals surface area (Å²) >= 11 is 3.07. The van der Waals surface area contributed by atoms with Gasteiger partial charge in [-0.2, -0.15) is 0 Å². The van der Waals surface area contributed by atoms with E-state index in [2.05, 4.69) is 15.9 Å². The summed E-state index contributed by atoms with van der Waals surface area (Å²) in [5.41, 5.74) is 0.129. The second-order valence-corrected chi connectivity index (χ2v) is 5.10. The number of carbonyl (C=O) groups is 1. The Bertz CT molecular complexity index is 640. The molecule has 0 spiro atoms. The van der Waals surface area contributed by atoms with Gasteiger partial charge in [0.15, 0.2) is 0 Å². The van der Waals surface area contributed by atoms with E-state index in [1.54, 1.807) is 30.3 Å². The van der Waals surface area contributed by atoms with Crippen molar-refractivity contribution >= 4 is 21.9 Å². The van der Waals surface area contributed by atoms with E-state index in [-0.39, 0.29) is 26.9 Å². The molecule has 0 amide bonds. The van der Waals surface area contributed by atoms with Crippen molar-refractivity contribution < 1.29 is 19.0 Å². The summed E-state index contributed by atoms with van der Waals surface area (Å²) in [5.74, 6) is -1.34. The van der Waals surface area contributed by atoms with Crippen molar-refractivity contribution in [2.45, 2.75) is 13.8 Å². The molecule has 0 saturated carbocycles. The molecule has 2 rings (SSSR count). The number of hydrogen-bond acceptors (Lipinski definition) is 3. The molecule has 0 saturated heterocycles. The standard InChI is InChI=1S/C15H12BrFO3/c1-8-11(14(18)12(16)9(2)13(8)17)15(19)20-10-6-4-3-5-7-10/h3-7,18H,1-2H3. The van der Waals surface area contributed by atoms with E-state index in [4.69, 9.17) is 4.74 Å². The van der Waals surface area contributed by atoms with Crippen molar-refractivity contribution in [3.8, 4) is 11.5 Å². The monoisotopic (exact) mass is 338 g/mol. The van der Waals surface area contributed by atoms with Gasteiger partial charge in [0.2, 0.25) is 0 Å². The third-order valence-corrected chi connectivity index (χ3v) is 3.94. The van der Waals surface area contributed by atoms with Gasteiger partial charge in [0.05, 0.1) is 4.47 Å². The Balaban J connectivity index is 2.45. The first kappa shape index (κ1) is 14.5. The Kier molecular flexibility index (Phi) is 4.09. The van der Waals surface area contributed by atoms with Crippen LogP contribution in [0.1, 0.15) is 21.5 Å². The minimum atomic E-state index is -0.800. The van der Waals surface area contributed by atoms with Crippen LogP contribution in [0, 0.1) is 19.7 Å². The number of benzene rings is 2. The highest BCUT2D eigenvalue weighted by Crippen LogP contribution is 2.36. The van der Waals surface area contributed by atoms with Crippen molar-refractivity contribution in [1.82, 2.24) is 0 Å². The van der Waals surface area contributed by atoms with Gasteiger partial charge < -0.3 is 9.84 Å². The first-order valence-electron chi connectivity index (χ1n) is 5.87. The first-order valence-corrected chi connectivity index (χ1v) is 6.67. The highest BCUT2D eigenvalue weighted by molar-refractivity contribution is 9.10. The smallest absolute Gasteiger partial charge is 0.347 e. The molecule has 1 N–H and O–H groups in total. The van der Waals surface area contributed by atoms with Crippen molar-refractivity contribution in [2.75, 3.05) is 0 Å². The SMILES string of the molecule is Cc1c(F)c(C)c(C(=O)Oc2ccccc2)c(O)c1Br. The average Bonchev–Trinajstić information content (AvgIpc) is 2.44. The lowest BCUT2D eigenvalue weighted by Crippen LogP contribution is -2.12. The molecule has 0 heterocycles. The van der Waals surface area contributed by atoms with Crippen LogP contribution >= 0.6 is 15.9 Å². The normalized spacial score (nSPS) is 10.4. The quantitative estimate of drug-likeness (QED) is 0.661. The minimum absolute atomic E-state index is 0.0594. The molecule has 0 aliphatic carbocycles. The Labute approximate surface area is 124 Å². The van der Waals surface area contributed by atoms with Gasteiger partial charge in [-0.25, -0.2) is 9.18 Å². The average molecular weight is 339 g/mol. The maximum absolute atomic E-state index is 14.0. The lowest BCUT2D eigenvalue weighted by atomic mass is 10.0. The third kappa shape index (κ3) is 2.54. The fourth-order valence-electron chi connectivity index (χ4n) is 1.85. The van der Waals surface area contributed by atoms with Gasteiger partial charge in [-0.3, -0.25) is 0 Å². The molecule has 5 heteroatoms. The summed E-state index contributed by atoms with van der Waals surface area (Å²) in [6.45, 7) is 2.94. The second-order valence-electron chi connectivity index (χ2n) is 4.30. The zero-order valence-corrected chi connectivity index (χ0v) is 12.5. The summed E-state index contributed by atoms with van der Waals surface area (Å²) in [6, 6.07) is 8.40. The number of rotatable bonds is 2. The molecule has 0 aliphatic rings. The van der Waals surface area contributed by atoms with Gasteiger partial charge in [0, 0.05) is 11.1 Å². The predicted molar refractivity (Wildman–Crippen MR) is 76.6 cm³/mol. The summed E-state index contributed by atoms with van der Waals surface area (Å²) < 4.78 is 19.3. The lowest BCUT2D eigenvalue weighted by molar-refractivity contribution is 0.0730. The largest absolute Gasteiger partial charge is 0.506 e. The summed E-state index contributed by atoms with van der Waals surface area (Å²) in [4.78, 5) is 12.1. The number of phenolic OH excluding ortho intramolecular Hbond substituents is 1. The molecule has 0 unspecified atom stereocenters. The summed E-state index contributed by atoms with van der Waals surface area (Å²) in [7, 11) is 0. The van der Waals surface area contributed by atoms with Gasteiger partial charge in [-0.1, -0.05) is 18.2 Å². The molecular formula is C15H12BrFO3. The molecule has 0 atom stereocenters. The topological polar surface area (TPSA) is 46.5 Å². The van der Waals surface area contributed by atoms with Crippen LogP contribution in [-0.2, 0) is 0 Å². The number of hydrogen-bond donors (Lipinski definition) is 1. The number of aromatic hydroxyl groups is 1. The van der Waals surface area contributed by atoms with E-state index < -0.39 is 11.8 Å². The molecule has 0 bridgehead atoms. The van der Waals surface area contributed by atoms with E-state index in [1.165, 1.54) is 13.8 Å². The Morgan fingerprint density at radius 1 is 1.20 bits per heavy atom. The van der Waals surface area contributed by atoms with E-state index in [0.29, 0.717) is 5.75 Å². The van der Waals surface area contributed by atoms with Crippen LogP contribution in [0.15, 0.2) is 34.8 Å². The molecule has 20 heavy (non-hydrogen) atoms. The van der Waals surface area contributed by atoms with Crippen LogP contribution < -0.4 is 4.74 Å². The molecule has 0 aromatic heterocycles. The van der Waals surface area contributed by atoms with Gasteiger partial charge in [0.25, 0.3) is 0 Å². The van der Waals surface area contributed by atoms with E-state index in [9.17, 15) is 14.3 Å². The molecular weight excluding hydrogens is 327 g/mol. The number of esters is 1. The van der Waals surface area contributed by atoms with Crippen LogP contribution in [0.2, 0.25) is 0 Å². The Hall–Kier alpha value is -1.88. The molecule has 2 aromatic carbocycles. The van der Waals surface area contributed by atoms with Crippen molar-refractivity contribution in [3.63, 3.8) is 0 Å². The van der Waals surface area contributed by atoms with Crippen LogP contribution in [0.3, 0.4) is 0 Å². The zero-order valence-electron chi connectivity index (χ0n) is 10.9. The van der Waals surface area contributed by atoms with Crippen molar-refractivity contribution in [3.05, 3.63) is 57.3 Å². The maximum atomic E-state index is 14.0.